The van der Waals surface area contributed by atoms with Crippen LogP contribution in [0.15, 0.2) is 47.4 Å². The van der Waals surface area contributed by atoms with E-state index in [0.29, 0.717) is 18.9 Å². The highest BCUT2D eigenvalue weighted by molar-refractivity contribution is 7.85. The molecule has 1 atom stereocenters. The second kappa shape index (κ2) is 7.38. The smallest absolute Gasteiger partial charge is 0.119 e. The number of hydrogen-bond donors (Lipinski definition) is 1. The summed E-state index contributed by atoms with van der Waals surface area (Å²) < 4.78 is 18.0. The van der Waals surface area contributed by atoms with Crippen molar-refractivity contribution in [3.8, 4) is 5.75 Å². The van der Waals surface area contributed by atoms with Crippen LogP contribution in [-0.2, 0) is 17.3 Å². The third-order valence-corrected chi connectivity index (χ3v) is 4.73. The van der Waals surface area contributed by atoms with Crippen molar-refractivity contribution in [3.05, 3.63) is 59.2 Å². The maximum Gasteiger partial charge on any atom is 0.119 e. The molecule has 3 nitrogen and oxygen atoms in total. The SMILES string of the molecule is Cc1ccc(C)c(S(=O)CCOc2cccc(CN)c2)c1. The van der Waals surface area contributed by atoms with Gasteiger partial charge in [0, 0.05) is 11.4 Å². The number of rotatable bonds is 6. The van der Waals surface area contributed by atoms with E-state index in [1.807, 2.05) is 56.3 Å². The minimum Gasteiger partial charge on any atom is -0.493 e. The van der Waals surface area contributed by atoms with Crippen molar-refractivity contribution in [3.63, 3.8) is 0 Å². The van der Waals surface area contributed by atoms with Gasteiger partial charge in [-0.15, -0.1) is 0 Å². The molecule has 0 aliphatic carbocycles. The van der Waals surface area contributed by atoms with E-state index in [4.69, 9.17) is 10.5 Å². The van der Waals surface area contributed by atoms with Gasteiger partial charge in [-0.05, 0) is 48.7 Å². The van der Waals surface area contributed by atoms with E-state index in [2.05, 4.69) is 0 Å². The molecular weight excluding hydrogens is 282 g/mol. The largest absolute Gasteiger partial charge is 0.493 e. The van der Waals surface area contributed by atoms with Crippen LogP contribution in [-0.4, -0.2) is 16.6 Å². The third-order valence-electron chi connectivity index (χ3n) is 3.26. The van der Waals surface area contributed by atoms with Gasteiger partial charge < -0.3 is 10.5 Å². The molecule has 0 aliphatic heterocycles. The summed E-state index contributed by atoms with van der Waals surface area (Å²) in [4.78, 5) is 0.898. The highest BCUT2D eigenvalue weighted by Crippen LogP contribution is 2.16. The molecule has 0 saturated carbocycles. The summed E-state index contributed by atoms with van der Waals surface area (Å²) in [6.07, 6.45) is 0. The minimum atomic E-state index is -1.04. The molecule has 2 aromatic carbocycles. The van der Waals surface area contributed by atoms with E-state index in [1.165, 1.54) is 0 Å². The molecule has 0 spiro atoms. The number of nitrogens with two attached hydrogens (primary N) is 1. The lowest BCUT2D eigenvalue weighted by Gasteiger charge is -2.09. The molecule has 2 aromatic rings. The van der Waals surface area contributed by atoms with Gasteiger partial charge in [-0.3, -0.25) is 4.21 Å². The predicted molar refractivity (Wildman–Crippen MR) is 87.0 cm³/mol. The molecule has 0 amide bonds. The first-order valence-corrected chi connectivity index (χ1v) is 8.29. The normalized spacial score (nSPS) is 12.1. The molecule has 21 heavy (non-hydrogen) atoms. The zero-order chi connectivity index (χ0) is 15.2. The van der Waals surface area contributed by atoms with Gasteiger partial charge in [0.15, 0.2) is 0 Å². The van der Waals surface area contributed by atoms with E-state index < -0.39 is 10.8 Å². The quantitative estimate of drug-likeness (QED) is 0.892. The van der Waals surface area contributed by atoms with Crippen LogP contribution in [0, 0.1) is 13.8 Å². The monoisotopic (exact) mass is 303 g/mol. The molecule has 1 unspecified atom stereocenters. The number of benzene rings is 2. The van der Waals surface area contributed by atoms with E-state index in [1.54, 1.807) is 0 Å². The molecular formula is C17H21NO2S. The minimum absolute atomic E-state index is 0.425. The van der Waals surface area contributed by atoms with Crippen LogP contribution in [0.3, 0.4) is 0 Å². The number of ether oxygens (including phenoxy) is 1. The lowest BCUT2D eigenvalue weighted by atomic mass is 10.2. The second-order valence-electron chi connectivity index (χ2n) is 5.02. The van der Waals surface area contributed by atoms with Gasteiger partial charge in [0.25, 0.3) is 0 Å². The Morgan fingerprint density at radius 1 is 1.14 bits per heavy atom. The Hall–Kier alpha value is -1.65. The van der Waals surface area contributed by atoms with Crippen molar-refractivity contribution >= 4 is 10.8 Å². The topological polar surface area (TPSA) is 52.3 Å². The zero-order valence-corrected chi connectivity index (χ0v) is 13.3. The first-order valence-electron chi connectivity index (χ1n) is 6.97. The lowest BCUT2D eigenvalue weighted by Crippen LogP contribution is -2.10. The average molecular weight is 303 g/mol. The zero-order valence-electron chi connectivity index (χ0n) is 12.5. The first-order chi connectivity index (χ1) is 10.1. The van der Waals surface area contributed by atoms with Crippen LogP contribution in [0.2, 0.25) is 0 Å². The number of aryl methyl sites for hydroxylation is 2. The van der Waals surface area contributed by atoms with Crippen molar-refractivity contribution in [2.75, 3.05) is 12.4 Å². The average Bonchev–Trinajstić information content (AvgIpc) is 2.49. The molecule has 0 aliphatic rings. The summed E-state index contributed by atoms with van der Waals surface area (Å²) in [5, 5.41) is 0. The molecule has 0 bridgehead atoms. The fraction of sp³-hybridized carbons (Fsp3) is 0.294. The fourth-order valence-corrected chi connectivity index (χ4v) is 3.26. The van der Waals surface area contributed by atoms with Crippen molar-refractivity contribution in [1.82, 2.24) is 0 Å². The van der Waals surface area contributed by atoms with E-state index >= 15 is 0 Å². The molecule has 112 valence electrons. The van der Waals surface area contributed by atoms with Crippen molar-refractivity contribution in [1.29, 1.82) is 0 Å². The molecule has 2 N–H and O–H groups in total. The highest BCUT2D eigenvalue weighted by atomic mass is 32.2. The van der Waals surface area contributed by atoms with Gasteiger partial charge in [-0.1, -0.05) is 24.3 Å². The number of hydrogen-bond acceptors (Lipinski definition) is 3. The van der Waals surface area contributed by atoms with Gasteiger partial charge in [-0.2, -0.15) is 0 Å². The van der Waals surface area contributed by atoms with Crippen LogP contribution < -0.4 is 10.5 Å². The van der Waals surface area contributed by atoms with Gasteiger partial charge >= 0.3 is 0 Å². The molecule has 0 radical (unpaired) electrons. The van der Waals surface area contributed by atoms with Crippen LogP contribution in [0.1, 0.15) is 16.7 Å². The Bertz CT molecular complexity index is 640. The predicted octanol–water partition coefficient (Wildman–Crippen LogP) is 2.95. The molecule has 4 heteroatoms. The highest BCUT2D eigenvalue weighted by Gasteiger charge is 2.08. The van der Waals surface area contributed by atoms with Crippen LogP contribution in [0.5, 0.6) is 5.75 Å². The van der Waals surface area contributed by atoms with Crippen molar-refractivity contribution in [2.24, 2.45) is 5.73 Å². The molecule has 2 rings (SSSR count). The fourth-order valence-electron chi connectivity index (χ4n) is 2.06. The van der Waals surface area contributed by atoms with Crippen LogP contribution in [0.4, 0.5) is 0 Å². The van der Waals surface area contributed by atoms with E-state index in [9.17, 15) is 4.21 Å². The molecule has 0 heterocycles. The van der Waals surface area contributed by atoms with Crippen molar-refractivity contribution < 1.29 is 8.95 Å². The van der Waals surface area contributed by atoms with Gasteiger partial charge in [0.05, 0.1) is 16.6 Å². The third kappa shape index (κ3) is 4.41. The summed E-state index contributed by atoms with van der Waals surface area (Å²) in [5.41, 5.74) is 8.81. The summed E-state index contributed by atoms with van der Waals surface area (Å²) in [7, 11) is -1.04. The molecule has 0 fully saturated rings. The second-order valence-corrected chi connectivity index (χ2v) is 6.56. The maximum absolute atomic E-state index is 12.3. The van der Waals surface area contributed by atoms with Gasteiger partial charge in [0.1, 0.15) is 12.4 Å². The Kier molecular flexibility index (Phi) is 5.53. The Morgan fingerprint density at radius 2 is 1.95 bits per heavy atom. The van der Waals surface area contributed by atoms with E-state index in [0.717, 1.165) is 27.3 Å². The molecule has 0 saturated heterocycles. The summed E-state index contributed by atoms with van der Waals surface area (Å²) in [5.74, 6) is 1.26. The Balaban J connectivity index is 1.93. The summed E-state index contributed by atoms with van der Waals surface area (Å²) in [6.45, 7) is 4.91. The maximum atomic E-state index is 12.3. The Morgan fingerprint density at radius 3 is 2.71 bits per heavy atom. The van der Waals surface area contributed by atoms with Crippen LogP contribution >= 0.6 is 0 Å². The Labute approximate surface area is 128 Å². The van der Waals surface area contributed by atoms with Gasteiger partial charge in [0.2, 0.25) is 0 Å². The first kappa shape index (κ1) is 15.7. The standard InChI is InChI=1S/C17H21NO2S/c1-13-6-7-14(2)17(10-13)21(19)9-8-20-16-5-3-4-15(11-16)12-18/h3-7,10-11H,8-9,12,18H2,1-2H3. The summed E-state index contributed by atoms with van der Waals surface area (Å²) >= 11 is 0. The van der Waals surface area contributed by atoms with E-state index in [-0.39, 0.29) is 0 Å². The van der Waals surface area contributed by atoms with Crippen molar-refractivity contribution in [2.45, 2.75) is 25.3 Å². The molecule has 0 aromatic heterocycles. The van der Waals surface area contributed by atoms with Gasteiger partial charge in [-0.25, -0.2) is 0 Å². The lowest BCUT2D eigenvalue weighted by molar-refractivity contribution is 0.342. The van der Waals surface area contributed by atoms with Crippen LogP contribution in [0.25, 0.3) is 0 Å². The summed E-state index contributed by atoms with van der Waals surface area (Å²) in [6, 6.07) is 13.7.